The van der Waals surface area contributed by atoms with Crippen LogP contribution in [-0.4, -0.2) is 49.8 Å². The average Bonchev–Trinajstić information content (AvgIpc) is 2.74. The topological polar surface area (TPSA) is 60.0 Å². The molecule has 1 atom stereocenters. The summed E-state index contributed by atoms with van der Waals surface area (Å²) in [5.41, 5.74) is 2.46. The molecule has 0 radical (unpaired) electrons. The first-order valence-corrected chi connectivity index (χ1v) is 10.5. The van der Waals surface area contributed by atoms with Crippen LogP contribution in [0.4, 0.5) is 0 Å². The number of carbonyl (C=O) groups excluding carboxylic acids is 1. The molecule has 1 fully saturated rings. The van der Waals surface area contributed by atoms with Crippen molar-refractivity contribution in [1.82, 2.24) is 10.2 Å². The molecule has 1 N–H and O–H groups in total. The first-order valence-electron chi connectivity index (χ1n) is 10.5. The van der Waals surface area contributed by atoms with Gasteiger partial charge in [-0.1, -0.05) is 12.1 Å². The van der Waals surface area contributed by atoms with E-state index in [0.717, 1.165) is 49.9 Å². The summed E-state index contributed by atoms with van der Waals surface area (Å²) in [7, 11) is 1.64. The molecule has 0 spiro atoms. The van der Waals surface area contributed by atoms with Gasteiger partial charge in [0.25, 0.3) is 5.91 Å². The van der Waals surface area contributed by atoms with E-state index in [1.54, 1.807) is 7.11 Å². The summed E-state index contributed by atoms with van der Waals surface area (Å²) < 4.78 is 16.9. The van der Waals surface area contributed by atoms with E-state index in [0.29, 0.717) is 12.0 Å². The molecule has 1 amide bonds. The number of ether oxygens (including phenoxy) is 3. The summed E-state index contributed by atoms with van der Waals surface area (Å²) in [6.07, 6.45) is 0.689. The van der Waals surface area contributed by atoms with Gasteiger partial charge in [-0.2, -0.15) is 0 Å². The van der Waals surface area contributed by atoms with Crippen molar-refractivity contribution >= 4 is 5.91 Å². The van der Waals surface area contributed by atoms with Crippen LogP contribution in [0.15, 0.2) is 42.5 Å². The molecule has 2 heterocycles. The highest BCUT2D eigenvalue weighted by atomic mass is 16.5. The number of morpholine rings is 1. The summed E-state index contributed by atoms with van der Waals surface area (Å²) in [4.78, 5) is 15.3. The lowest BCUT2D eigenvalue weighted by Crippen LogP contribution is -2.41. The summed E-state index contributed by atoms with van der Waals surface area (Å²) in [6.45, 7) is 8.43. The first kappa shape index (κ1) is 20.7. The minimum absolute atomic E-state index is 0.0793. The molecule has 1 saturated heterocycles. The van der Waals surface area contributed by atoms with Crippen LogP contribution >= 0.6 is 0 Å². The number of hydrogen-bond acceptors (Lipinski definition) is 5. The molecule has 6 heteroatoms. The zero-order valence-electron chi connectivity index (χ0n) is 17.9. The Morgan fingerprint density at radius 1 is 1.17 bits per heavy atom. The molecule has 0 aromatic heterocycles. The molecule has 2 aromatic rings. The Bertz CT molecular complexity index is 889. The molecule has 2 aliphatic heterocycles. The highest BCUT2D eigenvalue weighted by Gasteiger charge is 2.35. The molecule has 2 aromatic carbocycles. The average molecular weight is 411 g/mol. The van der Waals surface area contributed by atoms with Crippen LogP contribution in [0, 0.1) is 0 Å². The fraction of sp³-hybridized carbons (Fsp3) is 0.458. The van der Waals surface area contributed by atoms with Gasteiger partial charge in [0.05, 0.1) is 26.4 Å². The third-order valence-electron chi connectivity index (χ3n) is 5.71. The van der Waals surface area contributed by atoms with E-state index in [1.165, 1.54) is 5.56 Å². The lowest BCUT2D eigenvalue weighted by atomic mass is 9.89. The molecule has 2 aliphatic rings. The zero-order chi connectivity index (χ0) is 21.1. The van der Waals surface area contributed by atoms with E-state index >= 15 is 0 Å². The molecule has 0 bridgehead atoms. The number of methoxy groups -OCH3 is 1. The monoisotopic (exact) mass is 410 g/mol. The Morgan fingerprint density at radius 2 is 1.90 bits per heavy atom. The Morgan fingerprint density at radius 3 is 2.60 bits per heavy atom. The van der Waals surface area contributed by atoms with Crippen molar-refractivity contribution in [3.05, 3.63) is 59.2 Å². The SMILES string of the molecule is COc1ccc2c(c1)[C@H](NC(=O)c1ccc(CN3CCOCC3)cc1)CC(C)(C)O2. The predicted octanol–water partition coefficient (Wildman–Crippen LogP) is 3.56. The van der Waals surface area contributed by atoms with Crippen LogP contribution in [0.25, 0.3) is 0 Å². The maximum atomic E-state index is 13.0. The number of amides is 1. The van der Waals surface area contributed by atoms with Crippen LogP contribution in [0.2, 0.25) is 0 Å². The Balaban J connectivity index is 1.46. The van der Waals surface area contributed by atoms with Crippen molar-refractivity contribution in [1.29, 1.82) is 0 Å². The van der Waals surface area contributed by atoms with Gasteiger partial charge < -0.3 is 19.5 Å². The van der Waals surface area contributed by atoms with Gasteiger partial charge in [-0.05, 0) is 49.7 Å². The second-order valence-corrected chi connectivity index (χ2v) is 8.58. The number of nitrogens with zero attached hydrogens (tertiary/aromatic N) is 1. The fourth-order valence-corrected chi connectivity index (χ4v) is 4.11. The Labute approximate surface area is 178 Å². The van der Waals surface area contributed by atoms with Crippen molar-refractivity contribution in [2.75, 3.05) is 33.4 Å². The number of benzene rings is 2. The number of hydrogen-bond donors (Lipinski definition) is 1. The minimum Gasteiger partial charge on any atom is -0.497 e. The molecule has 4 rings (SSSR count). The van der Waals surface area contributed by atoms with Crippen molar-refractivity contribution < 1.29 is 19.0 Å². The Kier molecular flexibility index (Phi) is 5.97. The first-order chi connectivity index (χ1) is 14.4. The molecule has 0 unspecified atom stereocenters. The lowest BCUT2D eigenvalue weighted by Gasteiger charge is -2.38. The normalized spacial score (nSPS) is 20.7. The fourth-order valence-electron chi connectivity index (χ4n) is 4.11. The molecule has 30 heavy (non-hydrogen) atoms. The molecule has 0 aliphatic carbocycles. The van der Waals surface area contributed by atoms with Gasteiger partial charge in [-0.3, -0.25) is 9.69 Å². The minimum atomic E-state index is -0.360. The van der Waals surface area contributed by atoms with Gasteiger partial charge in [-0.25, -0.2) is 0 Å². The van der Waals surface area contributed by atoms with Crippen LogP contribution in [0.3, 0.4) is 0 Å². The molecular formula is C24H30N2O4. The van der Waals surface area contributed by atoms with Crippen LogP contribution in [-0.2, 0) is 11.3 Å². The third-order valence-corrected chi connectivity index (χ3v) is 5.71. The number of carbonyl (C=O) groups is 1. The van der Waals surface area contributed by atoms with Crippen LogP contribution in [0.1, 0.15) is 47.8 Å². The highest BCUT2D eigenvalue weighted by molar-refractivity contribution is 5.94. The van der Waals surface area contributed by atoms with E-state index < -0.39 is 0 Å². The van der Waals surface area contributed by atoms with E-state index in [1.807, 2.05) is 56.3 Å². The quantitative estimate of drug-likeness (QED) is 0.817. The third kappa shape index (κ3) is 4.77. The molecule has 160 valence electrons. The van der Waals surface area contributed by atoms with Gasteiger partial charge >= 0.3 is 0 Å². The molecule has 0 saturated carbocycles. The van der Waals surface area contributed by atoms with Crippen molar-refractivity contribution in [3.63, 3.8) is 0 Å². The van der Waals surface area contributed by atoms with Crippen molar-refractivity contribution in [2.45, 2.75) is 38.5 Å². The summed E-state index contributed by atoms with van der Waals surface area (Å²) in [5, 5.41) is 3.20. The van der Waals surface area contributed by atoms with Crippen LogP contribution < -0.4 is 14.8 Å². The molecular weight excluding hydrogens is 380 g/mol. The summed E-state index contributed by atoms with van der Waals surface area (Å²) >= 11 is 0. The van der Waals surface area contributed by atoms with Crippen molar-refractivity contribution in [2.24, 2.45) is 0 Å². The number of nitrogens with one attached hydrogen (secondary N) is 1. The van der Waals surface area contributed by atoms with Gasteiger partial charge in [0, 0.05) is 37.2 Å². The maximum Gasteiger partial charge on any atom is 0.251 e. The van der Waals surface area contributed by atoms with Gasteiger partial charge in [-0.15, -0.1) is 0 Å². The van der Waals surface area contributed by atoms with E-state index in [4.69, 9.17) is 14.2 Å². The van der Waals surface area contributed by atoms with Gasteiger partial charge in [0.2, 0.25) is 0 Å². The highest BCUT2D eigenvalue weighted by Crippen LogP contribution is 2.41. The van der Waals surface area contributed by atoms with E-state index in [2.05, 4.69) is 10.2 Å². The second kappa shape index (κ2) is 8.66. The lowest BCUT2D eigenvalue weighted by molar-refractivity contribution is 0.0342. The second-order valence-electron chi connectivity index (χ2n) is 8.58. The smallest absolute Gasteiger partial charge is 0.251 e. The van der Waals surface area contributed by atoms with Crippen molar-refractivity contribution in [3.8, 4) is 11.5 Å². The maximum absolute atomic E-state index is 13.0. The standard InChI is InChI=1S/C24H30N2O4/c1-24(2)15-21(20-14-19(28-3)8-9-22(20)30-24)25-23(27)18-6-4-17(5-7-18)16-26-10-12-29-13-11-26/h4-9,14,21H,10-13,15-16H2,1-3H3,(H,25,27)/t21-/m1/s1. The molecule has 6 nitrogen and oxygen atoms in total. The summed E-state index contributed by atoms with van der Waals surface area (Å²) in [5.74, 6) is 1.46. The Hall–Kier alpha value is -2.57. The van der Waals surface area contributed by atoms with E-state index in [-0.39, 0.29) is 17.6 Å². The largest absolute Gasteiger partial charge is 0.497 e. The van der Waals surface area contributed by atoms with E-state index in [9.17, 15) is 4.79 Å². The number of fused-ring (bicyclic) bond motifs is 1. The number of rotatable bonds is 5. The zero-order valence-corrected chi connectivity index (χ0v) is 17.9. The summed E-state index contributed by atoms with van der Waals surface area (Å²) in [6, 6.07) is 13.5. The van der Waals surface area contributed by atoms with Gasteiger partial charge in [0.15, 0.2) is 0 Å². The van der Waals surface area contributed by atoms with Gasteiger partial charge in [0.1, 0.15) is 17.1 Å². The van der Waals surface area contributed by atoms with Crippen LogP contribution in [0.5, 0.6) is 11.5 Å². The predicted molar refractivity (Wildman–Crippen MR) is 115 cm³/mol.